The van der Waals surface area contributed by atoms with Crippen LogP contribution in [0, 0.1) is 0 Å². The largest absolute Gasteiger partial charge is 0.497 e. The van der Waals surface area contributed by atoms with E-state index in [0.29, 0.717) is 23.7 Å². The van der Waals surface area contributed by atoms with Crippen molar-refractivity contribution in [1.82, 2.24) is 15.1 Å². The normalized spacial score (nSPS) is 15.6. The topological polar surface area (TPSA) is 66.1 Å². The van der Waals surface area contributed by atoms with E-state index in [-0.39, 0.29) is 6.03 Å². The van der Waals surface area contributed by atoms with Crippen LogP contribution < -0.4 is 20.1 Å². The van der Waals surface area contributed by atoms with Crippen LogP contribution in [0.4, 0.5) is 10.5 Å². The smallest absolute Gasteiger partial charge is 0.319 e. The summed E-state index contributed by atoms with van der Waals surface area (Å²) in [4.78, 5) is 17.0. The molecule has 0 aliphatic carbocycles. The number of carbonyl (C=O) groups is 1. The minimum Gasteiger partial charge on any atom is -0.497 e. The maximum atomic E-state index is 12.1. The van der Waals surface area contributed by atoms with Gasteiger partial charge < -0.3 is 25.0 Å². The fourth-order valence-corrected chi connectivity index (χ4v) is 2.95. The number of nitrogens with zero attached hydrogens (tertiary/aromatic N) is 2. The van der Waals surface area contributed by atoms with Crippen molar-refractivity contribution in [2.24, 2.45) is 0 Å². The third-order valence-electron chi connectivity index (χ3n) is 4.38. The molecule has 0 radical (unpaired) electrons. The van der Waals surface area contributed by atoms with Crippen LogP contribution in [0.15, 0.2) is 18.2 Å². The molecule has 0 unspecified atom stereocenters. The third-order valence-corrected chi connectivity index (χ3v) is 4.38. The van der Waals surface area contributed by atoms with Crippen molar-refractivity contribution >= 4 is 11.7 Å². The van der Waals surface area contributed by atoms with Crippen molar-refractivity contribution in [3.8, 4) is 11.5 Å². The van der Waals surface area contributed by atoms with Gasteiger partial charge in [-0.2, -0.15) is 0 Å². The molecule has 140 valence electrons. The van der Waals surface area contributed by atoms with E-state index in [0.717, 1.165) is 32.7 Å². The second-order valence-electron chi connectivity index (χ2n) is 6.13. The van der Waals surface area contributed by atoms with Crippen molar-refractivity contribution in [3.63, 3.8) is 0 Å². The van der Waals surface area contributed by atoms with Gasteiger partial charge in [0.05, 0.1) is 19.9 Å². The van der Waals surface area contributed by atoms with Crippen LogP contribution in [-0.2, 0) is 0 Å². The first-order chi connectivity index (χ1) is 12.2. The highest BCUT2D eigenvalue weighted by molar-refractivity contribution is 5.91. The van der Waals surface area contributed by atoms with E-state index >= 15 is 0 Å². The standard InChI is InChI=1S/C18H30N4O3/c1-4-8-21-10-12-22(13-11-21)9-7-19-18(23)20-16-6-5-15(24-2)14-17(16)25-3/h5-6,14H,4,7-13H2,1-3H3,(H2,19,20,23). The lowest BCUT2D eigenvalue weighted by molar-refractivity contribution is 0.133. The summed E-state index contributed by atoms with van der Waals surface area (Å²) in [6.07, 6.45) is 1.20. The Morgan fingerprint density at radius 3 is 2.36 bits per heavy atom. The summed E-state index contributed by atoms with van der Waals surface area (Å²) in [7, 11) is 3.16. The Hall–Kier alpha value is -1.99. The zero-order valence-electron chi connectivity index (χ0n) is 15.5. The van der Waals surface area contributed by atoms with Gasteiger partial charge in [-0.05, 0) is 25.1 Å². The highest BCUT2D eigenvalue weighted by Gasteiger charge is 2.16. The van der Waals surface area contributed by atoms with Gasteiger partial charge in [0, 0.05) is 45.3 Å². The molecule has 1 fully saturated rings. The van der Waals surface area contributed by atoms with E-state index in [1.54, 1.807) is 32.4 Å². The number of nitrogens with one attached hydrogen (secondary N) is 2. The van der Waals surface area contributed by atoms with Crippen LogP contribution in [0.1, 0.15) is 13.3 Å². The second-order valence-corrected chi connectivity index (χ2v) is 6.13. The van der Waals surface area contributed by atoms with Gasteiger partial charge in [0.1, 0.15) is 11.5 Å². The maximum Gasteiger partial charge on any atom is 0.319 e. The molecular weight excluding hydrogens is 320 g/mol. The van der Waals surface area contributed by atoms with Crippen LogP contribution in [0.3, 0.4) is 0 Å². The number of amides is 2. The highest BCUT2D eigenvalue weighted by atomic mass is 16.5. The first-order valence-corrected chi connectivity index (χ1v) is 8.87. The Morgan fingerprint density at radius 1 is 1.08 bits per heavy atom. The molecule has 7 nitrogen and oxygen atoms in total. The fraction of sp³-hybridized carbons (Fsp3) is 0.611. The molecule has 0 aromatic heterocycles. The number of ether oxygens (including phenoxy) is 2. The summed E-state index contributed by atoms with van der Waals surface area (Å²) in [5.41, 5.74) is 0.619. The molecule has 0 atom stereocenters. The van der Waals surface area contributed by atoms with Gasteiger partial charge in [-0.3, -0.25) is 4.90 Å². The van der Waals surface area contributed by atoms with E-state index < -0.39 is 0 Å². The summed E-state index contributed by atoms with van der Waals surface area (Å²) < 4.78 is 10.4. The molecule has 2 N–H and O–H groups in total. The van der Waals surface area contributed by atoms with Crippen molar-refractivity contribution in [1.29, 1.82) is 0 Å². The Labute approximate surface area is 150 Å². The summed E-state index contributed by atoms with van der Waals surface area (Å²) >= 11 is 0. The molecule has 2 rings (SSSR count). The average molecular weight is 350 g/mol. The minimum atomic E-state index is -0.229. The van der Waals surface area contributed by atoms with Crippen LogP contribution >= 0.6 is 0 Å². The monoisotopic (exact) mass is 350 g/mol. The van der Waals surface area contributed by atoms with Crippen molar-refractivity contribution in [2.75, 3.05) is 65.3 Å². The molecule has 1 aromatic carbocycles. The van der Waals surface area contributed by atoms with Crippen molar-refractivity contribution in [2.45, 2.75) is 13.3 Å². The van der Waals surface area contributed by atoms with Gasteiger partial charge in [-0.15, -0.1) is 0 Å². The summed E-state index contributed by atoms with van der Waals surface area (Å²) in [6.45, 7) is 9.24. The molecule has 1 heterocycles. The maximum absolute atomic E-state index is 12.1. The molecule has 1 saturated heterocycles. The van der Waals surface area contributed by atoms with Gasteiger partial charge in [0.25, 0.3) is 0 Å². The highest BCUT2D eigenvalue weighted by Crippen LogP contribution is 2.28. The van der Waals surface area contributed by atoms with Gasteiger partial charge in [0.2, 0.25) is 0 Å². The molecule has 0 bridgehead atoms. The van der Waals surface area contributed by atoms with Crippen LogP contribution in [-0.4, -0.2) is 75.9 Å². The molecule has 1 aromatic rings. The summed E-state index contributed by atoms with van der Waals surface area (Å²) in [5, 5.41) is 5.72. The number of anilines is 1. The molecule has 2 amide bonds. The zero-order chi connectivity index (χ0) is 18.1. The molecule has 7 heteroatoms. The number of hydrogen-bond acceptors (Lipinski definition) is 5. The predicted molar refractivity (Wildman–Crippen MR) is 99.7 cm³/mol. The Balaban J connectivity index is 1.71. The average Bonchev–Trinajstić information content (AvgIpc) is 2.63. The number of piperazine rings is 1. The van der Waals surface area contributed by atoms with Crippen LogP contribution in [0.5, 0.6) is 11.5 Å². The van der Waals surface area contributed by atoms with Gasteiger partial charge in [-0.1, -0.05) is 6.92 Å². The quantitative estimate of drug-likeness (QED) is 0.749. The van der Waals surface area contributed by atoms with Gasteiger partial charge in [0.15, 0.2) is 0 Å². The van der Waals surface area contributed by atoms with E-state index in [1.807, 2.05) is 0 Å². The fourth-order valence-electron chi connectivity index (χ4n) is 2.95. The van der Waals surface area contributed by atoms with Gasteiger partial charge >= 0.3 is 6.03 Å². The zero-order valence-corrected chi connectivity index (χ0v) is 15.5. The van der Waals surface area contributed by atoms with Crippen LogP contribution in [0.2, 0.25) is 0 Å². The number of hydrogen-bond donors (Lipinski definition) is 2. The number of rotatable bonds is 8. The van der Waals surface area contributed by atoms with Crippen LogP contribution in [0.25, 0.3) is 0 Å². The molecular formula is C18H30N4O3. The molecule has 25 heavy (non-hydrogen) atoms. The SMILES string of the molecule is CCCN1CCN(CCNC(=O)Nc2ccc(OC)cc2OC)CC1. The van der Waals surface area contributed by atoms with Gasteiger partial charge in [-0.25, -0.2) is 4.79 Å². The van der Waals surface area contributed by atoms with Crippen molar-refractivity contribution < 1.29 is 14.3 Å². The predicted octanol–water partition coefficient (Wildman–Crippen LogP) is 1.85. The molecule has 0 saturated carbocycles. The number of urea groups is 1. The number of carbonyl (C=O) groups excluding carboxylic acids is 1. The van der Waals surface area contributed by atoms with E-state index in [1.165, 1.54) is 13.0 Å². The molecule has 0 spiro atoms. The Bertz CT molecular complexity index is 545. The summed E-state index contributed by atoms with van der Waals surface area (Å²) in [6, 6.07) is 5.07. The molecule has 1 aliphatic heterocycles. The summed E-state index contributed by atoms with van der Waals surface area (Å²) in [5.74, 6) is 1.26. The van der Waals surface area contributed by atoms with E-state index in [2.05, 4.69) is 27.4 Å². The Kier molecular flexibility index (Phi) is 7.81. The van der Waals surface area contributed by atoms with E-state index in [4.69, 9.17) is 9.47 Å². The lowest BCUT2D eigenvalue weighted by Gasteiger charge is -2.34. The Morgan fingerprint density at radius 2 is 1.76 bits per heavy atom. The number of benzene rings is 1. The van der Waals surface area contributed by atoms with Crippen molar-refractivity contribution in [3.05, 3.63) is 18.2 Å². The van der Waals surface area contributed by atoms with E-state index in [9.17, 15) is 4.79 Å². The first-order valence-electron chi connectivity index (χ1n) is 8.87. The lowest BCUT2D eigenvalue weighted by atomic mass is 10.2. The third kappa shape index (κ3) is 6.10. The second kappa shape index (κ2) is 10.1. The molecule has 1 aliphatic rings. The first kappa shape index (κ1) is 19.3. The lowest BCUT2D eigenvalue weighted by Crippen LogP contribution is -2.48. The minimum absolute atomic E-state index is 0.229. The number of methoxy groups -OCH3 is 2.